The lowest BCUT2D eigenvalue weighted by Crippen LogP contribution is -2.41. The SMILES string of the molecule is CC1CN(c2ccc(CN=C(N)NCCc3ccccc3)cn2)CCO1.I. The summed E-state index contributed by atoms with van der Waals surface area (Å²) in [5.74, 6) is 1.45. The zero-order valence-corrected chi connectivity index (χ0v) is 18.0. The molecule has 1 aliphatic rings. The maximum Gasteiger partial charge on any atom is 0.188 e. The molecule has 0 spiro atoms. The summed E-state index contributed by atoms with van der Waals surface area (Å²) in [5.41, 5.74) is 8.27. The van der Waals surface area contributed by atoms with Crippen LogP contribution in [0.15, 0.2) is 53.7 Å². The van der Waals surface area contributed by atoms with E-state index in [1.165, 1.54) is 5.56 Å². The Morgan fingerprint density at radius 3 is 2.78 bits per heavy atom. The summed E-state index contributed by atoms with van der Waals surface area (Å²) in [6.45, 7) is 5.89. The van der Waals surface area contributed by atoms with Crippen LogP contribution in [0.4, 0.5) is 5.82 Å². The number of nitrogens with zero attached hydrogens (tertiary/aromatic N) is 3. The molecule has 0 aliphatic carbocycles. The van der Waals surface area contributed by atoms with Gasteiger partial charge >= 0.3 is 0 Å². The van der Waals surface area contributed by atoms with E-state index < -0.39 is 0 Å². The number of halogens is 1. The minimum Gasteiger partial charge on any atom is -0.375 e. The van der Waals surface area contributed by atoms with Crippen molar-refractivity contribution in [2.24, 2.45) is 10.7 Å². The fourth-order valence-corrected chi connectivity index (χ4v) is 2.94. The lowest BCUT2D eigenvalue weighted by atomic mass is 10.1. The average molecular weight is 481 g/mol. The summed E-state index contributed by atoms with van der Waals surface area (Å²) in [4.78, 5) is 11.2. The van der Waals surface area contributed by atoms with Crippen molar-refractivity contribution in [3.05, 3.63) is 59.8 Å². The second-order valence-corrected chi connectivity index (χ2v) is 6.52. The van der Waals surface area contributed by atoms with Crippen LogP contribution in [-0.2, 0) is 17.7 Å². The van der Waals surface area contributed by atoms with Crippen LogP contribution in [0.2, 0.25) is 0 Å². The van der Waals surface area contributed by atoms with Crippen LogP contribution < -0.4 is 16.0 Å². The molecular weight excluding hydrogens is 453 g/mol. The number of anilines is 1. The molecule has 1 aromatic carbocycles. The number of rotatable bonds is 6. The first-order valence-electron chi connectivity index (χ1n) is 9.10. The number of ether oxygens (including phenoxy) is 1. The minimum atomic E-state index is 0. The number of hydrogen-bond donors (Lipinski definition) is 2. The van der Waals surface area contributed by atoms with E-state index in [0.717, 1.165) is 44.0 Å². The van der Waals surface area contributed by atoms with Gasteiger partial charge in [0, 0.05) is 25.8 Å². The highest BCUT2D eigenvalue weighted by Crippen LogP contribution is 2.15. The Hall–Kier alpha value is -1.87. The Morgan fingerprint density at radius 2 is 2.07 bits per heavy atom. The fraction of sp³-hybridized carbons (Fsp3) is 0.400. The van der Waals surface area contributed by atoms with Gasteiger partial charge in [-0.2, -0.15) is 0 Å². The van der Waals surface area contributed by atoms with Crippen molar-refractivity contribution < 1.29 is 4.74 Å². The standard InChI is InChI=1S/C20H27N5O.HI/c1-16-15-25(11-12-26-16)19-8-7-18(13-23-19)14-24-20(21)22-10-9-17-5-3-2-4-6-17;/h2-8,13,16H,9-12,14-15H2,1H3,(H3,21,22,24);1H. The summed E-state index contributed by atoms with van der Waals surface area (Å²) in [6, 6.07) is 14.4. The van der Waals surface area contributed by atoms with Crippen molar-refractivity contribution in [3.63, 3.8) is 0 Å². The van der Waals surface area contributed by atoms with Crippen LogP contribution in [0.1, 0.15) is 18.1 Å². The molecular formula is C20H28IN5O. The van der Waals surface area contributed by atoms with E-state index in [9.17, 15) is 0 Å². The zero-order valence-electron chi connectivity index (χ0n) is 15.7. The van der Waals surface area contributed by atoms with Gasteiger partial charge in [0.25, 0.3) is 0 Å². The number of guanidine groups is 1. The maximum atomic E-state index is 5.94. The number of benzene rings is 1. The third-order valence-corrected chi connectivity index (χ3v) is 4.37. The van der Waals surface area contributed by atoms with Gasteiger partial charge in [0.1, 0.15) is 5.82 Å². The summed E-state index contributed by atoms with van der Waals surface area (Å²) in [6.07, 6.45) is 3.04. The van der Waals surface area contributed by atoms with E-state index in [0.29, 0.717) is 12.5 Å². The molecule has 2 aromatic rings. The Morgan fingerprint density at radius 1 is 1.26 bits per heavy atom. The zero-order chi connectivity index (χ0) is 18.2. The number of aromatic nitrogens is 1. The van der Waals surface area contributed by atoms with Gasteiger partial charge in [-0.25, -0.2) is 9.98 Å². The molecule has 1 saturated heterocycles. The van der Waals surface area contributed by atoms with Gasteiger partial charge in [-0.15, -0.1) is 24.0 Å². The Balaban J connectivity index is 0.00000261. The molecule has 7 heteroatoms. The van der Waals surface area contributed by atoms with Crippen LogP contribution in [0.5, 0.6) is 0 Å². The third kappa shape index (κ3) is 6.99. The first-order valence-corrected chi connectivity index (χ1v) is 9.10. The Labute approximate surface area is 178 Å². The van der Waals surface area contributed by atoms with Crippen LogP contribution in [0.25, 0.3) is 0 Å². The molecule has 0 bridgehead atoms. The molecule has 1 atom stereocenters. The van der Waals surface area contributed by atoms with E-state index in [1.807, 2.05) is 30.5 Å². The highest BCUT2D eigenvalue weighted by atomic mass is 127. The monoisotopic (exact) mass is 481 g/mol. The van der Waals surface area contributed by atoms with Crippen molar-refractivity contribution in [2.45, 2.75) is 26.0 Å². The molecule has 1 aliphatic heterocycles. The molecule has 3 N–H and O–H groups in total. The molecule has 146 valence electrons. The number of aliphatic imine (C=N–C) groups is 1. The fourth-order valence-electron chi connectivity index (χ4n) is 2.94. The first kappa shape index (κ1) is 21.4. The number of hydrogen-bond acceptors (Lipinski definition) is 4. The van der Waals surface area contributed by atoms with Crippen molar-refractivity contribution in [3.8, 4) is 0 Å². The van der Waals surface area contributed by atoms with Gasteiger partial charge in [-0.3, -0.25) is 0 Å². The molecule has 1 aromatic heterocycles. The summed E-state index contributed by atoms with van der Waals surface area (Å²) in [7, 11) is 0. The Kier molecular flexibility index (Phi) is 8.80. The summed E-state index contributed by atoms with van der Waals surface area (Å²) in [5, 5.41) is 3.15. The molecule has 0 radical (unpaired) electrons. The van der Waals surface area contributed by atoms with Gasteiger partial charge in [-0.1, -0.05) is 36.4 Å². The largest absolute Gasteiger partial charge is 0.375 e. The number of pyridine rings is 1. The van der Waals surface area contributed by atoms with E-state index in [1.54, 1.807) is 0 Å². The summed E-state index contributed by atoms with van der Waals surface area (Å²) >= 11 is 0. The normalized spacial score (nSPS) is 17.3. The van der Waals surface area contributed by atoms with Crippen LogP contribution in [0.3, 0.4) is 0 Å². The molecule has 0 amide bonds. The first-order chi connectivity index (χ1) is 12.7. The second kappa shape index (κ2) is 11.1. The lowest BCUT2D eigenvalue weighted by Gasteiger charge is -2.32. The lowest BCUT2D eigenvalue weighted by molar-refractivity contribution is 0.0529. The van der Waals surface area contributed by atoms with E-state index in [2.05, 4.69) is 45.3 Å². The number of nitrogens with one attached hydrogen (secondary N) is 1. The smallest absolute Gasteiger partial charge is 0.188 e. The van der Waals surface area contributed by atoms with Crippen molar-refractivity contribution in [2.75, 3.05) is 31.1 Å². The molecule has 3 rings (SSSR count). The highest BCUT2D eigenvalue weighted by molar-refractivity contribution is 14.0. The van der Waals surface area contributed by atoms with E-state index in [4.69, 9.17) is 10.5 Å². The molecule has 1 unspecified atom stereocenters. The predicted molar refractivity (Wildman–Crippen MR) is 121 cm³/mol. The molecule has 1 fully saturated rings. The van der Waals surface area contributed by atoms with Crippen LogP contribution >= 0.6 is 24.0 Å². The van der Waals surface area contributed by atoms with Crippen molar-refractivity contribution in [1.29, 1.82) is 0 Å². The third-order valence-electron chi connectivity index (χ3n) is 4.37. The second-order valence-electron chi connectivity index (χ2n) is 6.52. The van der Waals surface area contributed by atoms with Crippen molar-refractivity contribution >= 4 is 35.8 Å². The topological polar surface area (TPSA) is 75.8 Å². The van der Waals surface area contributed by atoms with Gasteiger partial charge in [-0.05, 0) is 30.5 Å². The quantitative estimate of drug-likeness (QED) is 0.377. The highest BCUT2D eigenvalue weighted by Gasteiger charge is 2.17. The van der Waals surface area contributed by atoms with E-state index in [-0.39, 0.29) is 30.1 Å². The molecule has 27 heavy (non-hydrogen) atoms. The summed E-state index contributed by atoms with van der Waals surface area (Å²) < 4.78 is 5.57. The molecule has 2 heterocycles. The molecule has 6 nitrogen and oxygen atoms in total. The van der Waals surface area contributed by atoms with E-state index >= 15 is 0 Å². The van der Waals surface area contributed by atoms with Gasteiger partial charge in [0.05, 0.1) is 19.3 Å². The predicted octanol–water partition coefficient (Wildman–Crippen LogP) is 2.57. The Bertz CT molecular complexity index is 708. The van der Waals surface area contributed by atoms with Gasteiger partial charge in [0.2, 0.25) is 0 Å². The van der Waals surface area contributed by atoms with Gasteiger partial charge < -0.3 is 20.7 Å². The van der Waals surface area contributed by atoms with Gasteiger partial charge in [0.15, 0.2) is 5.96 Å². The van der Waals surface area contributed by atoms with Crippen LogP contribution in [-0.4, -0.2) is 43.3 Å². The average Bonchev–Trinajstić information content (AvgIpc) is 2.68. The number of nitrogens with two attached hydrogens (primary N) is 1. The molecule has 0 saturated carbocycles. The maximum absolute atomic E-state index is 5.94. The van der Waals surface area contributed by atoms with Crippen molar-refractivity contribution in [1.82, 2.24) is 10.3 Å². The minimum absolute atomic E-state index is 0. The van der Waals surface area contributed by atoms with Crippen LogP contribution in [0, 0.1) is 0 Å². The number of morpholine rings is 1.